The van der Waals surface area contributed by atoms with Crippen molar-refractivity contribution in [3.8, 4) is 5.75 Å². The van der Waals surface area contributed by atoms with Gasteiger partial charge in [-0.25, -0.2) is 8.42 Å². The van der Waals surface area contributed by atoms with E-state index in [9.17, 15) is 13.2 Å². The summed E-state index contributed by atoms with van der Waals surface area (Å²) in [5, 5.41) is 4.76. The molecule has 2 rings (SSSR count). The molecular weight excluding hydrogens is 336 g/mol. The summed E-state index contributed by atoms with van der Waals surface area (Å²) in [5.74, 6) is 0.232. The molecule has 0 bridgehead atoms. The Kier molecular flexibility index (Phi) is 5.62. The first kappa shape index (κ1) is 17.3. The molecule has 2 aromatic rings. The van der Waals surface area contributed by atoms with Crippen LogP contribution in [0.3, 0.4) is 0 Å². The van der Waals surface area contributed by atoms with Crippen LogP contribution in [0.5, 0.6) is 5.75 Å². The number of thiophene rings is 1. The average Bonchev–Trinajstić information content (AvgIpc) is 2.98. The van der Waals surface area contributed by atoms with Gasteiger partial charge in [-0.2, -0.15) is 0 Å². The summed E-state index contributed by atoms with van der Waals surface area (Å²) in [6.45, 7) is 0. The molecule has 0 fully saturated rings. The van der Waals surface area contributed by atoms with Crippen LogP contribution in [0.15, 0.2) is 35.7 Å². The van der Waals surface area contributed by atoms with Crippen LogP contribution in [0.2, 0.25) is 0 Å². The number of hydrogen-bond donors (Lipinski definition) is 2. The molecule has 0 aliphatic carbocycles. The summed E-state index contributed by atoms with van der Waals surface area (Å²) >= 11 is 1.62. The number of carbonyl (C=O) groups is 1. The molecule has 8 heteroatoms. The lowest BCUT2D eigenvalue weighted by Crippen LogP contribution is -2.13. The minimum absolute atomic E-state index is 0.107. The second-order valence-corrected chi connectivity index (χ2v) is 7.70. The van der Waals surface area contributed by atoms with E-state index >= 15 is 0 Å². The number of rotatable bonds is 7. The SMILES string of the molecule is COc1cc(NC(=O)CCc2cccs2)ccc1NS(C)(=O)=O. The largest absolute Gasteiger partial charge is 0.494 e. The van der Waals surface area contributed by atoms with Crippen LogP contribution in [0.25, 0.3) is 0 Å². The van der Waals surface area contributed by atoms with E-state index in [-0.39, 0.29) is 5.91 Å². The predicted octanol–water partition coefficient (Wildman–Crippen LogP) is 2.70. The van der Waals surface area contributed by atoms with E-state index in [0.29, 0.717) is 30.0 Å². The Balaban J connectivity index is 2.01. The fourth-order valence-electron chi connectivity index (χ4n) is 1.97. The van der Waals surface area contributed by atoms with Gasteiger partial charge in [-0.05, 0) is 30.0 Å². The van der Waals surface area contributed by atoms with Crippen molar-refractivity contribution in [3.63, 3.8) is 0 Å². The second-order valence-electron chi connectivity index (χ2n) is 4.92. The Morgan fingerprint density at radius 1 is 1.30 bits per heavy atom. The van der Waals surface area contributed by atoms with E-state index in [1.807, 2.05) is 17.5 Å². The van der Waals surface area contributed by atoms with Gasteiger partial charge in [0.2, 0.25) is 15.9 Å². The fourth-order valence-corrected chi connectivity index (χ4v) is 3.25. The third-order valence-electron chi connectivity index (χ3n) is 2.96. The number of aryl methyl sites for hydroxylation is 1. The smallest absolute Gasteiger partial charge is 0.229 e. The van der Waals surface area contributed by atoms with E-state index < -0.39 is 10.0 Å². The van der Waals surface area contributed by atoms with Crippen molar-refractivity contribution in [2.45, 2.75) is 12.8 Å². The van der Waals surface area contributed by atoms with Gasteiger partial charge in [-0.3, -0.25) is 9.52 Å². The van der Waals surface area contributed by atoms with Gasteiger partial charge in [0, 0.05) is 23.1 Å². The summed E-state index contributed by atoms with van der Waals surface area (Å²) in [7, 11) is -1.96. The zero-order valence-electron chi connectivity index (χ0n) is 12.8. The molecule has 0 atom stereocenters. The Bertz CT molecular complexity index is 771. The highest BCUT2D eigenvalue weighted by Crippen LogP contribution is 2.28. The Morgan fingerprint density at radius 2 is 2.09 bits per heavy atom. The quantitative estimate of drug-likeness (QED) is 0.801. The molecule has 1 heterocycles. The molecular formula is C15H18N2O4S2. The van der Waals surface area contributed by atoms with Crippen LogP contribution in [-0.2, 0) is 21.2 Å². The second kappa shape index (κ2) is 7.47. The van der Waals surface area contributed by atoms with Gasteiger partial charge in [0.05, 0.1) is 19.1 Å². The van der Waals surface area contributed by atoms with Crippen LogP contribution < -0.4 is 14.8 Å². The van der Waals surface area contributed by atoms with Crippen LogP contribution in [-0.4, -0.2) is 27.7 Å². The van der Waals surface area contributed by atoms with Crippen molar-refractivity contribution in [1.82, 2.24) is 0 Å². The van der Waals surface area contributed by atoms with Gasteiger partial charge in [-0.1, -0.05) is 6.07 Å². The number of hydrogen-bond acceptors (Lipinski definition) is 5. The fraction of sp³-hybridized carbons (Fsp3) is 0.267. The molecule has 0 saturated heterocycles. The van der Waals surface area contributed by atoms with Gasteiger partial charge in [0.1, 0.15) is 5.75 Å². The summed E-state index contributed by atoms with van der Waals surface area (Å²) in [6.07, 6.45) is 2.13. The highest BCUT2D eigenvalue weighted by Gasteiger charge is 2.10. The molecule has 1 aromatic carbocycles. The molecule has 1 amide bonds. The molecule has 0 aliphatic heterocycles. The summed E-state index contributed by atoms with van der Waals surface area (Å²) in [4.78, 5) is 13.1. The first-order valence-electron chi connectivity index (χ1n) is 6.85. The maximum atomic E-state index is 12.0. The maximum Gasteiger partial charge on any atom is 0.229 e. The maximum absolute atomic E-state index is 12.0. The van der Waals surface area contributed by atoms with E-state index in [0.717, 1.165) is 11.1 Å². The lowest BCUT2D eigenvalue weighted by molar-refractivity contribution is -0.116. The molecule has 0 unspecified atom stereocenters. The Labute approximate surface area is 139 Å². The van der Waals surface area contributed by atoms with Crippen molar-refractivity contribution in [3.05, 3.63) is 40.6 Å². The standard InChI is InChI=1S/C15H18N2O4S2/c1-21-14-10-11(5-7-13(14)17-23(2,19)20)16-15(18)8-6-12-4-3-9-22-12/h3-5,7,9-10,17H,6,8H2,1-2H3,(H,16,18). The first-order valence-corrected chi connectivity index (χ1v) is 9.62. The van der Waals surface area contributed by atoms with Crippen LogP contribution in [0, 0.1) is 0 Å². The number of anilines is 2. The third-order valence-corrected chi connectivity index (χ3v) is 4.49. The first-order chi connectivity index (χ1) is 10.9. The molecule has 124 valence electrons. The summed E-state index contributed by atoms with van der Waals surface area (Å²) in [5.41, 5.74) is 0.878. The Hall–Kier alpha value is -2.06. The highest BCUT2D eigenvalue weighted by atomic mass is 32.2. The zero-order chi connectivity index (χ0) is 16.9. The molecule has 0 aliphatic rings. The van der Waals surface area contributed by atoms with Crippen molar-refractivity contribution >= 4 is 38.6 Å². The number of benzene rings is 1. The molecule has 0 saturated carbocycles. The van der Waals surface area contributed by atoms with Gasteiger partial charge in [0.25, 0.3) is 0 Å². The minimum atomic E-state index is -3.40. The normalized spacial score (nSPS) is 11.0. The van der Waals surface area contributed by atoms with Crippen molar-refractivity contribution in [2.24, 2.45) is 0 Å². The molecule has 6 nitrogen and oxygen atoms in total. The highest BCUT2D eigenvalue weighted by molar-refractivity contribution is 7.92. The Morgan fingerprint density at radius 3 is 2.70 bits per heavy atom. The lowest BCUT2D eigenvalue weighted by Gasteiger charge is -2.12. The van der Waals surface area contributed by atoms with Gasteiger partial charge >= 0.3 is 0 Å². The number of ether oxygens (including phenoxy) is 1. The van der Waals surface area contributed by atoms with Crippen LogP contribution in [0.1, 0.15) is 11.3 Å². The average molecular weight is 354 g/mol. The minimum Gasteiger partial charge on any atom is -0.494 e. The number of amides is 1. The topological polar surface area (TPSA) is 84.5 Å². The molecule has 2 N–H and O–H groups in total. The molecule has 1 aromatic heterocycles. The summed E-state index contributed by atoms with van der Waals surface area (Å²) < 4.78 is 30.1. The van der Waals surface area contributed by atoms with E-state index in [2.05, 4.69) is 10.0 Å². The van der Waals surface area contributed by atoms with Gasteiger partial charge in [0.15, 0.2) is 0 Å². The van der Waals surface area contributed by atoms with Crippen LogP contribution in [0.4, 0.5) is 11.4 Å². The number of nitrogens with one attached hydrogen (secondary N) is 2. The van der Waals surface area contributed by atoms with Crippen molar-refractivity contribution in [2.75, 3.05) is 23.4 Å². The number of sulfonamides is 1. The van der Waals surface area contributed by atoms with Crippen molar-refractivity contribution < 1.29 is 17.9 Å². The number of methoxy groups -OCH3 is 1. The summed E-state index contributed by atoms with van der Waals surface area (Å²) in [6, 6.07) is 8.70. The van der Waals surface area contributed by atoms with Crippen molar-refractivity contribution in [1.29, 1.82) is 0 Å². The van der Waals surface area contributed by atoms with Crippen LogP contribution >= 0.6 is 11.3 Å². The zero-order valence-corrected chi connectivity index (χ0v) is 14.5. The molecule has 0 spiro atoms. The molecule has 0 radical (unpaired) electrons. The number of carbonyl (C=O) groups excluding carboxylic acids is 1. The van der Waals surface area contributed by atoms with Gasteiger partial charge in [-0.15, -0.1) is 11.3 Å². The van der Waals surface area contributed by atoms with E-state index in [1.165, 1.54) is 7.11 Å². The predicted molar refractivity (Wildman–Crippen MR) is 92.7 cm³/mol. The molecule has 23 heavy (non-hydrogen) atoms. The lowest BCUT2D eigenvalue weighted by atomic mass is 10.2. The van der Waals surface area contributed by atoms with Gasteiger partial charge < -0.3 is 10.1 Å². The third kappa shape index (κ3) is 5.57. The van der Waals surface area contributed by atoms with E-state index in [1.54, 1.807) is 29.5 Å². The van der Waals surface area contributed by atoms with E-state index in [4.69, 9.17) is 4.74 Å². The monoisotopic (exact) mass is 354 g/mol.